The minimum absolute atomic E-state index is 0.0990. The zero-order valence-electron chi connectivity index (χ0n) is 5.66. The summed E-state index contributed by atoms with van der Waals surface area (Å²) in [4.78, 5) is 10.3. The van der Waals surface area contributed by atoms with Crippen LogP contribution in [0.2, 0.25) is 0 Å². The smallest absolute Gasteiger partial charge is 0.259 e. The van der Waals surface area contributed by atoms with E-state index in [-0.39, 0.29) is 10.8 Å². The zero-order valence-corrected chi connectivity index (χ0v) is 7.82. The van der Waals surface area contributed by atoms with Gasteiger partial charge in [-0.05, 0) is 29.0 Å². The van der Waals surface area contributed by atoms with Gasteiger partial charge in [-0.1, -0.05) is 12.2 Å². The second kappa shape index (κ2) is 2.30. The molecule has 0 N–H and O–H groups in total. The first-order valence-electron chi connectivity index (χ1n) is 3.42. The Hall–Kier alpha value is -0.390. The SMILES string of the molecule is O=[N+]([O-])C1=C(I)C2C=CC1C2. The molecule has 3 nitrogen and oxygen atoms in total. The minimum Gasteiger partial charge on any atom is -0.259 e. The number of nitro groups is 1. The molecule has 2 atom stereocenters. The fourth-order valence-corrected chi connectivity index (χ4v) is 2.74. The van der Waals surface area contributed by atoms with Crippen molar-refractivity contribution in [1.82, 2.24) is 0 Å². The summed E-state index contributed by atoms with van der Waals surface area (Å²) >= 11 is 2.09. The molecule has 0 heterocycles. The van der Waals surface area contributed by atoms with Gasteiger partial charge in [0.25, 0.3) is 5.70 Å². The largest absolute Gasteiger partial charge is 0.262 e. The van der Waals surface area contributed by atoms with E-state index in [1.807, 2.05) is 6.08 Å². The average Bonchev–Trinajstić information content (AvgIpc) is 2.44. The summed E-state index contributed by atoms with van der Waals surface area (Å²) < 4.78 is 0.931. The molecule has 0 fully saturated rings. The number of halogens is 1. The van der Waals surface area contributed by atoms with Crippen molar-refractivity contribution in [3.8, 4) is 0 Å². The lowest BCUT2D eigenvalue weighted by Gasteiger charge is -2.01. The summed E-state index contributed by atoms with van der Waals surface area (Å²) in [7, 11) is 0. The first kappa shape index (κ1) is 7.27. The van der Waals surface area contributed by atoms with Crippen molar-refractivity contribution in [2.75, 3.05) is 0 Å². The van der Waals surface area contributed by atoms with E-state index in [2.05, 4.69) is 28.7 Å². The van der Waals surface area contributed by atoms with Crippen LogP contribution in [0.1, 0.15) is 6.42 Å². The molecule has 11 heavy (non-hydrogen) atoms. The minimum atomic E-state index is -0.240. The molecule has 2 unspecified atom stereocenters. The summed E-state index contributed by atoms with van der Waals surface area (Å²) in [5.74, 6) is 0.447. The molecule has 4 heteroatoms. The molecule has 0 saturated carbocycles. The second-order valence-electron chi connectivity index (χ2n) is 2.82. The van der Waals surface area contributed by atoms with Gasteiger partial charge in [-0.3, -0.25) is 10.1 Å². The van der Waals surface area contributed by atoms with Crippen LogP contribution in [-0.4, -0.2) is 4.92 Å². The molecular weight excluding hydrogens is 257 g/mol. The molecule has 0 aromatic rings. The highest BCUT2D eigenvalue weighted by atomic mass is 127. The summed E-state index contributed by atoms with van der Waals surface area (Å²) in [6, 6.07) is 0. The van der Waals surface area contributed by atoms with E-state index in [0.717, 1.165) is 10.0 Å². The van der Waals surface area contributed by atoms with Crippen molar-refractivity contribution in [1.29, 1.82) is 0 Å². The molecule has 58 valence electrons. The fraction of sp³-hybridized carbons (Fsp3) is 0.429. The Morgan fingerprint density at radius 1 is 1.55 bits per heavy atom. The van der Waals surface area contributed by atoms with Crippen molar-refractivity contribution in [2.45, 2.75) is 6.42 Å². The Balaban J connectivity index is 2.40. The van der Waals surface area contributed by atoms with Crippen LogP contribution in [0.3, 0.4) is 0 Å². The van der Waals surface area contributed by atoms with Crippen molar-refractivity contribution >= 4 is 22.6 Å². The lowest BCUT2D eigenvalue weighted by Crippen LogP contribution is -2.05. The molecule has 2 aliphatic carbocycles. The summed E-state index contributed by atoms with van der Waals surface area (Å²) in [5, 5.41) is 10.5. The monoisotopic (exact) mass is 263 g/mol. The fourth-order valence-electron chi connectivity index (χ4n) is 1.68. The third-order valence-corrected chi connectivity index (χ3v) is 3.55. The average molecular weight is 263 g/mol. The molecule has 2 rings (SSSR count). The molecule has 0 amide bonds. The van der Waals surface area contributed by atoms with Gasteiger partial charge in [-0.2, -0.15) is 0 Å². The highest BCUT2D eigenvalue weighted by molar-refractivity contribution is 14.1. The first-order chi connectivity index (χ1) is 5.20. The van der Waals surface area contributed by atoms with Gasteiger partial charge >= 0.3 is 0 Å². The lowest BCUT2D eigenvalue weighted by atomic mass is 10.1. The maximum Gasteiger partial charge on any atom is 0.262 e. The Morgan fingerprint density at radius 2 is 2.18 bits per heavy atom. The Labute approximate surface area is 77.5 Å². The van der Waals surface area contributed by atoms with E-state index in [0.29, 0.717) is 11.6 Å². The van der Waals surface area contributed by atoms with Gasteiger partial charge in [0.2, 0.25) is 0 Å². The van der Waals surface area contributed by atoms with Crippen molar-refractivity contribution < 1.29 is 4.92 Å². The molecule has 0 aliphatic heterocycles. The van der Waals surface area contributed by atoms with Gasteiger partial charge in [0.1, 0.15) is 0 Å². The molecule has 2 bridgehead atoms. The molecule has 0 aromatic heterocycles. The number of hydrogen-bond acceptors (Lipinski definition) is 2. The van der Waals surface area contributed by atoms with Crippen LogP contribution in [0, 0.1) is 22.0 Å². The molecule has 0 spiro atoms. The topological polar surface area (TPSA) is 43.1 Å². The zero-order chi connectivity index (χ0) is 8.01. The maximum atomic E-state index is 10.5. The van der Waals surface area contributed by atoms with Crippen LogP contribution in [0.5, 0.6) is 0 Å². The van der Waals surface area contributed by atoms with Crippen LogP contribution >= 0.6 is 22.6 Å². The Bertz CT molecular complexity index is 282. The third kappa shape index (κ3) is 0.919. The van der Waals surface area contributed by atoms with Crippen molar-refractivity contribution in [3.63, 3.8) is 0 Å². The van der Waals surface area contributed by atoms with E-state index < -0.39 is 0 Å². The van der Waals surface area contributed by atoms with E-state index in [4.69, 9.17) is 0 Å². The van der Waals surface area contributed by atoms with Gasteiger partial charge in [-0.25, -0.2) is 0 Å². The molecule has 2 aliphatic rings. The van der Waals surface area contributed by atoms with Crippen LogP contribution in [0.4, 0.5) is 0 Å². The van der Waals surface area contributed by atoms with E-state index in [9.17, 15) is 10.1 Å². The van der Waals surface area contributed by atoms with Gasteiger partial charge in [0, 0.05) is 5.92 Å². The van der Waals surface area contributed by atoms with Crippen molar-refractivity contribution in [3.05, 3.63) is 31.5 Å². The normalized spacial score (nSPS) is 33.5. The Morgan fingerprint density at radius 3 is 2.55 bits per heavy atom. The summed E-state index contributed by atoms with van der Waals surface area (Å²) in [5.41, 5.74) is 0.429. The number of allylic oxidation sites excluding steroid dienone is 3. The number of nitrogens with zero attached hydrogens (tertiary/aromatic N) is 1. The third-order valence-electron chi connectivity index (χ3n) is 2.20. The molecular formula is C7H6INO2. The van der Waals surface area contributed by atoms with Gasteiger partial charge in [0.05, 0.1) is 14.4 Å². The molecule has 0 radical (unpaired) electrons. The molecule has 0 aromatic carbocycles. The van der Waals surface area contributed by atoms with Crippen LogP contribution in [0.25, 0.3) is 0 Å². The van der Waals surface area contributed by atoms with Crippen LogP contribution in [-0.2, 0) is 0 Å². The number of hydrogen-bond donors (Lipinski definition) is 0. The predicted octanol–water partition coefficient (Wildman–Crippen LogP) is 2.12. The summed E-state index contributed by atoms with van der Waals surface area (Å²) in [6.45, 7) is 0. The van der Waals surface area contributed by atoms with Crippen molar-refractivity contribution in [2.24, 2.45) is 11.8 Å². The lowest BCUT2D eigenvalue weighted by molar-refractivity contribution is -0.431. The van der Waals surface area contributed by atoms with Gasteiger partial charge < -0.3 is 0 Å². The molecule has 0 saturated heterocycles. The van der Waals surface area contributed by atoms with E-state index in [1.54, 1.807) is 0 Å². The van der Waals surface area contributed by atoms with Gasteiger partial charge in [-0.15, -0.1) is 0 Å². The number of fused-ring (bicyclic) bond motifs is 2. The number of rotatable bonds is 1. The first-order valence-corrected chi connectivity index (χ1v) is 4.50. The summed E-state index contributed by atoms with van der Waals surface area (Å²) in [6.07, 6.45) is 4.94. The quantitative estimate of drug-likeness (QED) is 0.315. The highest BCUT2D eigenvalue weighted by Gasteiger charge is 2.41. The maximum absolute atomic E-state index is 10.5. The highest BCUT2D eigenvalue weighted by Crippen LogP contribution is 2.46. The van der Waals surface area contributed by atoms with E-state index >= 15 is 0 Å². The second-order valence-corrected chi connectivity index (χ2v) is 3.99. The Kier molecular flexibility index (Phi) is 1.52. The standard InChI is InChI=1S/C7H6INO2/c8-6-4-1-2-5(3-4)7(6)9(10)11/h1-2,4-5H,3H2. The predicted molar refractivity (Wildman–Crippen MR) is 48.8 cm³/mol. The van der Waals surface area contributed by atoms with Gasteiger partial charge in [0.15, 0.2) is 0 Å². The van der Waals surface area contributed by atoms with Crippen LogP contribution in [0.15, 0.2) is 21.4 Å². The van der Waals surface area contributed by atoms with Crippen LogP contribution < -0.4 is 0 Å². The van der Waals surface area contributed by atoms with E-state index in [1.165, 1.54) is 0 Å².